The van der Waals surface area contributed by atoms with Crippen LogP contribution in [0.5, 0.6) is 5.75 Å². The third-order valence-electron chi connectivity index (χ3n) is 7.50. The van der Waals surface area contributed by atoms with Crippen LogP contribution in [0.4, 0.5) is 11.4 Å². The minimum Gasteiger partial charge on any atom is -0.495 e. The first-order valence-corrected chi connectivity index (χ1v) is 14.0. The monoisotopic (exact) mass is 569 g/mol. The van der Waals surface area contributed by atoms with Crippen molar-refractivity contribution >= 4 is 34.6 Å². The van der Waals surface area contributed by atoms with Crippen molar-refractivity contribution in [1.82, 2.24) is 14.9 Å². The van der Waals surface area contributed by atoms with Crippen molar-refractivity contribution in [2.24, 2.45) is 0 Å². The second-order valence-corrected chi connectivity index (χ2v) is 10.4. The van der Waals surface area contributed by atoms with Crippen LogP contribution in [-0.2, 0) is 16.0 Å². The van der Waals surface area contributed by atoms with E-state index in [2.05, 4.69) is 71.2 Å². The number of anilines is 2. The Morgan fingerprint density at radius 1 is 1.05 bits per heavy atom. The van der Waals surface area contributed by atoms with E-state index in [0.717, 1.165) is 40.4 Å². The number of carbonyl (C=O) groups excluding carboxylic acids is 1. The van der Waals surface area contributed by atoms with Gasteiger partial charge in [0.25, 0.3) is 0 Å². The van der Waals surface area contributed by atoms with E-state index in [-0.39, 0.29) is 24.6 Å². The smallest absolute Gasteiger partial charge is 0.250 e. The van der Waals surface area contributed by atoms with Gasteiger partial charge in [-0.3, -0.25) is 9.78 Å². The minimum absolute atomic E-state index is 0.0628. The van der Waals surface area contributed by atoms with Gasteiger partial charge in [0, 0.05) is 36.1 Å². The summed E-state index contributed by atoms with van der Waals surface area (Å²) < 4.78 is 12.8. The Hall–Kier alpha value is -4.21. The molecule has 0 saturated carbocycles. The number of rotatable bonds is 9. The molecule has 5 rings (SSSR count). The number of methoxy groups -OCH3 is 2. The Labute approximate surface area is 246 Å². The molecule has 1 aliphatic heterocycles. The van der Waals surface area contributed by atoms with Gasteiger partial charge in [-0.1, -0.05) is 25.1 Å². The molecule has 8 nitrogen and oxygen atoms in total. The van der Waals surface area contributed by atoms with Gasteiger partial charge in [0.05, 0.1) is 30.6 Å². The third kappa shape index (κ3) is 5.55. The van der Waals surface area contributed by atoms with Crippen LogP contribution in [-0.4, -0.2) is 41.4 Å². The highest BCUT2D eigenvalue weighted by Crippen LogP contribution is 2.45. The quantitative estimate of drug-likeness (QED) is 0.246. The van der Waals surface area contributed by atoms with Crippen LogP contribution in [0.15, 0.2) is 72.9 Å². The first-order chi connectivity index (χ1) is 19.9. The Balaban J connectivity index is 1.63. The van der Waals surface area contributed by atoms with Gasteiger partial charge < -0.3 is 29.6 Å². The zero-order valence-electron chi connectivity index (χ0n) is 24.0. The van der Waals surface area contributed by atoms with Crippen LogP contribution >= 0.6 is 12.2 Å². The SMILES string of the molecule is CCc1ccc(-n2c(C)cc([C@@H]3[C@@H](c4ccccn4)NC(=S)N3c3ccc(OC)c(NC(=O)COC)c3)c2C)cc1. The van der Waals surface area contributed by atoms with Crippen molar-refractivity contribution in [2.45, 2.75) is 39.3 Å². The fraction of sp³-hybridized carbons (Fsp3) is 0.281. The molecule has 0 bridgehead atoms. The van der Waals surface area contributed by atoms with Crippen molar-refractivity contribution < 1.29 is 14.3 Å². The zero-order valence-corrected chi connectivity index (χ0v) is 24.8. The summed E-state index contributed by atoms with van der Waals surface area (Å²) in [7, 11) is 3.06. The number of benzene rings is 2. The fourth-order valence-electron chi connectivity index (χ4n) is 5.57. The molecule has 0 radical (unpaired) electrons. The number of aryl methyl sites for hydroxylation is 2. The number of nitrogens with zero attached hydrogens (tertiary/aromatic N) is 3. The number of amides is 1. The predicted molar refractivity (Wildman–Crippen MR) is 166 cm³/mol. The number of thiocarbonyl (C=S) groups is 1. The van der Waals surface area contributed by atoms with Gasteiger partial charge in [0.2, 0.25) is 5.91 Å². The maximum atomic E-state index is 12.4. The lowest BCUT2D eigenvalue weighted by molar-refractivity contribution is -0.119. The average Bonchev–Trinajstić information content (AvgIpc) is 3.48. The predicted octanol–water partition coefficient (Wildman–Crippen LogP) is 5.82. The number of nitrogens with one attached hydrogen (secondary N) is 2. The normalized spacial score (nSPS) is 16.5. The van der Waals surface area contributed by atoms with E-state index in [4.69, 9.17) is 26.7 Å². The number of ether oxygens (including phenoxy) is 2. The van der Waals surface area contributed by atoms with Crippen molar-refractivity contribution in [1.29, 1.82) is 0 Å². The molecule has 1 aliphatic rings. The van der Waals surface area contributed by atoms with E-state index in [0.29, 0.717) is 16.5 Å². The summed E-state index contributed by atoms with van der Waals surface area (Å²) in [6.07, 6.45) is 2.80. The van der Waals surface area contributed by atoms with Crippen LogP contribution in [0.1, 0.15) is 47.2 Å². The molecule has 41 heavy (non-hydrogen) atoms. The summed E-state index contributed by atoms with van der Waals surface area (Å²) in [5.74, 6) is 0.272. The fourth-order valence-corrected chi connectivity index (χ4v) is 5.92. The standard InChI is InChI=1S/C32H35N5O3S/c1-6-22-10-12-23(13-11-22)36-20(2)17-25(21(36)3)31-30(26-9-7-8-16-33-26)35-32(41)37(31)24-14-15-28(40-5)27(18-24)34-29(38)19-39-4/h7-18,30-31H,6,19H2,1-5H3,(H,34,38)(H,35,41)/t30-,31-/m1/s1. The number of hydrogen-bond donors (Lipinski definition) is 2. The molecule has 0 unspecified atom stereocenters. The highest BCUT2D eigenvalue weighted by molar-refractivity contribution is 7.80. The van der Waals surface area contributed by atoms with E-state index in [9.17, 15) is 4.79 Å². The lowest BCUT2D eigenvalue weighted by Gasteiger charge is -2.29. The van der Waals surface area contributed by atoms with Crippen LogP contribution in [0.3, 0.4) is 0 Å². The van der Waals surface area contributed by atoms with Crippen LogP contribution in [0.2, 0.25) is 0 Å². The molecule has 0 spiro atoms. The van der Waals surface area contributed by atoms with Gasteiger partial charge >= 0.3 is 0 Å². The van der Waals surface area contributed by atoms with Crippen LogP contribution in [0, 0.1) is 13.8 Å². The van der Waals surface area contributed by atoms with Gasteiger partial charge in [-0.05, 0) is 92.1 Å². The zero-order chi connectivity index (χ0) is 29.1. The van der Waals surface area contributed by atoms with Crippen LogP contribution < -0.4 is 20.3 Å². The van der Waals surface area contributed by atoms with Crippen LogP contribution in [0.25, 0.3) is 5.69 Å². The Kier molecular flexibility index (Phi) is 8.37. The van der Waals surface area contributed by atoms with Crippen molar-refractivity contribution in [3.63, 3.8) is 0 Å². The molecule has 2 atom stereocenters. The molecular formula is C32H35N5O3S. The molecule has 2 aromatic carbocycles. The first kappa shape index (κ1) is 28.3. The number of hydrogen-bond acceptors (Lipinski definition) is 5. The summed E-state index contributed by atoms with van der Waals surface area (Å²) in [5.41, 5.74) is 8.04. The van der Waals surface area contributed by atoms with Gasteiger partial charge in [-0.25, -0.2) is 0 Å². The molecule has 1 amide bonds. The molecule has 9 heteroatoms. The second kappa shape index (κ2) is 12.1. The van der Waals surface area contributed by atoms with E-state index >= 15 is 0 Å². The second-order valence-electron chi connectivity index (χ2n) is 10.0. The molecular weight excluding hydrogens is 534 g/mol. The lowest BCUT2D eigenvalue weighted by atomic mass is 9.96. The Morgan fingerprint density at radius 3 is 2.46 bits per heavy atom. The van der Waals surface area contributed by atoms with Gasteiger partial charge in [-0.2, -0.15) is 0 Å². The van der Waals surface area contributed by atoms with Gasteiger partial charge in [-0.15, -0.1) is 0 Å². The summed E-state index contributed by atoms with van der Waals surface area (Å²) >= 11 is 5.96. The highest BCUT2D eigenvalue weighted by Gasteiger charge is 2.42. The summed E-state index contributed by atoms with van der Waals surface area (Å²) in [5, 5.41) is 7.00. The maximum absolute atomic E-state index is 12.4. The third-order valence-corrected chi connectivity index (χ3v) is 7.82. The molecule has 1 fully saturated rings. The van der Waals surface area contributed by atoms with E-state index in [1.807, 2.05) is 36.4 Å². The molecule has 2 aromatic heterocycles. The molecule has 4 aromatic rings. The van der Waals surface area contributed by atoms with Gasteiger partial charge in [0.1, 0.15) is 12.4 Å². The van der Waals surface area contributed by atoms with E-state index in [1.165, 1.54) is 12.7 Å². The number of carbonyl (C=O) groups is 1. The van der Waals surface area contributed by atoms with Crippen molar-refractivity contribution in [3.8, 4) is 11.4 Å². The average molecular weight is 570 g/mol. The number of pyridine rings is 1. The topological polar surface area (TPSA) is 80.7 Å². The Morgan fingerprint density at radius 2 is 1.80 bits per heavy atom. The van der Waals surface area contributed by atoms with E-state index in [1.54, 1.807) is 13.3 Å². The Bertz CT molecular complexity index is 1550. The summed E-state index contributed by atoms with van der Waals surface area (Å²) in [6, 6.07) is 22.1. The summed E-state index contributed by atoms with van der Waals surface area (Å²) in [4.78, 5) is 19.2. The van der Waals surface area contributed by atoms with E-state index < -0.39 is 0 Å². The minimum atomic E-state index is -0.273. The molecule has 212 valence electrons. The van der Waals surface area contributed by atoms with Crippen molar-refractivity contribution in [3.05, 3.63) is 101 Å². The summed E-state index contributed by atoms with van der Waals surface area (Å²) in [6.45, 7) is 6.37. The first-order valence-electron chi connectivity index (χ1n) is 13.6. The molecule has 0 aliphatic carbocycles. The highest BCUT2D eigenvalue weighted by atomic mass is 32.1. The largest absolute Gasteiger partial charge is 0.495 e. The molecule has 1 saturated heterocycles. The maximum Gasteiger partial charge on any atom is 0.250 e. The van der Waals surface area contributed by atoms with Gasteiger partial charge in [0.15, 0.2) is 5.11 Å². The lowest BCUT2D eigenvalue weighted by Crippen LogP contribution is -2.29. The molecule has 2 N–H and O–H groups in total. The van der Waals surface area contributed by atoms with Crippen molar-refractivity contribution in [2.75, 3.05) is 31.0 Å². The number of aromatic nitrogens is 2. The molecule has 3 heterocycles.